The van der Waals surface area contributed by atoms with Gasteiger partial charge in [-0.25, -0.2) is 4.39 Å². The molecule has 0 fully saturated rings. The summed E-state index contributed by atoms with van der Waals surface area (Å²) in [6.45, 7) is 0.224. The third kappa shape index (κ3) is 2.98. The number of hydrogen-bond acceptors (Lipinski definition) is 4. The first-order chi connectivity index (χ1) is 9.08. The minimum absolute atomic E-state index is 0.126. The molecule has 0 aliphatic heterocycles. The highest BCUT2D eigenvalue weighted by molar-refractivity contribution is 5.62. The van der Waals surface area contributed by atoms with Crippen LogP contribution in [0, 0.1) is 15.9 Å². The Kier molecular flexibility index (Phi) is 3.61. The van der Waals surface area contributed by atoms with Crippen molar-refractivity contribution in [2.24, 2.45) is 0 Å². The molecule has 2 rings (SSSR count). The summed E-state index contributed by atoms with van der Waals surface area (Å²) in [5, 5.41) is 22.6. The average molecular weight is 262 g/mol. The fraction of sp³-hybridized carbons (Fsp3) is 0.0769. The summed E-state index contributed by atoms with van der Waals surface area (Å²) in [5.41, 5.74) is 0.328. The van der Waals surface area contributed by atoms with Crippen LogP contribution >= 0.6 is 0 Å². The van der Waals surface area contributed by atoms with E-state index >= 15 is 0 Å². The van der Waals surface area contributed by atoms with Crippen LogP contribution < -0.4 is 5.32 Å². The first-order valence-corrected chi connectivity index (χ1v) is 5.52. The fourth-order valence-electron chi connectivity index (χ4n) is 1.64. The first-order valence-electron chi connectivity index (χ1n) is 5.52. The number of anilines is 1. The van der Waals surface area contributed by atoms with Crippen molar-refractivity contribution in [3.05, 3.63) is 64.0 Å². The number of benzene rings is 2. The molecule has 2 N–H and O–H groups in total. The Morgan fingerprint density at radius 3 is 2.53 bits per heavy atom. The van der Waals surface area contributed by atoms with Crippen LogP contribution in [0.5, 0.6) is 5.75 Å². The second-order valence-corrected chi connectivity index (χ2v) is 3.91. The van der Waals surface area contributed by atoms with Crippen molar-refractivity contribution in [1.29, 1.82) is 0 Å². The molecule has 0 aliphatic carbocycles. The van der Waals surface area contributed by atoms with Crippen molar-refractivity contribution in [2.45, 2.75) is 6.54 Å². The molecule has 0 aromatic heterocycles. The SMILES string of the molecule is O=[N+]([O-])c1cccc(F)c1NCc1ccc(O)cc1. The molecule has 0 aliphatic rings. The summed E-state index contributed by atoms with van der Waals surface area (Å²) >= 11 is 0. The quantitative estimate of drug-likeness (QED) is 0.656. The van der Waals surface area contributed by atoms with Crippen molar-refractivity contribution in [2.75, 3.05) is 5.32 Å². The summed E-state index contributed by atoms with van der Waals surface area (Å²) in [6.07, 6.45) is 0. The van der Waals surface area contributed by atoms with Gasteiger partial charge in [-0.15, -0.1) is 0 Å². The van der Waals surface area contributed by atoms with Crippen LogP contribution in [0.15, 0.2) is 42.5 Å². The number of phenols is 1. The standard InChI is InChI=1S/C13H11FN2O3/c14-11-2-1-3-12(16(18)19)13(11)15-8-9-4-6-10(17)7-5-9/h1-7,15,17H,8H2. The molecule has 0 atom stereocenters. The number of nitrogens with one attached hydrogen (secondary N) is 1. The molecule has 0 saturated carbocycles. The third-order valence-corrected chi connectivity index (χ3v) is 2.59. The lowest BCUT2D eigenvalue weighted by Crippen LogP contribution is -2.04. The van der Waals surface area contributed by atoms with Crippen LogP contribution in [0.2, 0.25) is 0 Å². The lowest BCUT2D eigenvalue weighted by atomic mass is 10.2. The summed E-state index contributed by atoms with van der Waals surface area (Å²) in [7, 11) is 0. The maximum absolute atomic E-state index is 13.6. The summed E-state index contributed by atoms with van der Waals surface area (Å²) in [6, 6.07) is 9.97. The number of para-hydroxylation sites is 1. The molecule has 0 saturated heterocycles. The van der Waals surface area contributed by atoms with Crippen molar-refractivity contribution in [3.8, 4) is 5.75 Å². The monoisotopic (exact) mass is 262 g/mol. The van der Waals surface area contributed by atoms with E-state index < -0.39 is 10.7 Å². The van der Waals surface area contributed by atoms with Gasteiger partial charge in [-0.1, -0.05) is 18.2 Å². The second kappa shape index (κ2) is 5.34. The van der Waals surface area contributed by atoms with E-state index in [1.165, 1.54) is 24.3 Å². The Morgan fingerprint density at radius 1 is 1.21 bits per heavy atom. The van der Waals surface area contributed by atoms with Gasteiger partial charge in [-0.2, -0.15) is 0 Å². The van der Waals surface area contributed by atoms with Gasteiger partial charge >= 0.3 is 0 Å². The zero-order valence-corrected chi connectivity index (χ0v) is 9.84. The second-order valence-electron chi connectivity index (χ2n) is 3.91. The molecular formula is C13H11FN2O3. The van der Waals surface area contributed by atoms with E-state index in [9.17, 15) is 14.5 Å². The average Bonchev–Trinajstić information content (AvgIpc) is 2.39. The molecule has 5 nitrogen and oxygen atoms in total. The number of halogens is 1. The van der Waals surface area contributed by atoms with E-state index in [2.05, 4.69) is 5.32 Å². The topological polar surface area (TPSA) is 75.4 Å². The molecule has 0 radical (unpaired) electrons. The molecular weight excluding hydrogens is 251 g/mol. The molecule has 0 bridgehead atoms. The van der Waals surface area contributed by atoms with E-state index in [1.807, 2.05) is 0 Å². The normalized spacial score (nSPS) is 10.2. The van der Waals surface area contributed by atoms with Crippen LogP contribution in [-0.2, 0) is 6.54 Å². The minimum Gasteiger partial charge on any atom is -0.508 e. The molecule has 0 unspecified atom stereocenters. The van der Waals surface area contributed by atoms with E-state index in [-0.39, 0.29) is 23.7 Å². The van der Waals surface area contributed by atoms with Gasteiger partial charge in [0, 0.05) is 12.6 Å². The zero-order chi connectivity index (χ0) is 13.8. The van der Waals surface area contributed by atoms with Crippen molar-refractivity contribution in [3.63, 3.8) is 0 Å². The molecule has 2 aromatic rings. The van der Waals surface area contributed by atoms with Crippen LogP contribution in [0.25, 0.3) is 0 Å². The lowest BCUT2D eigenvalue weighted by Gasteiger charge is -2.08. The Morgan fingerprint density at radius 2 is 1.89 bits per heavy atom. The molecule has 6 heteroatoms. The number of phenolic OH excluding ortho intramolecular Hbond substituents is 1. The van der Waals surface area contributed by atoms with Gasteiger partial charge in [0.2, 0.25) is 0 Å². The molecule has 0 heterocycles. The van der Waals surface area contributed by atoms with Crippen molar-refractivity contribution >= 4 is 11.4 Å². The lowest BCUT2D eigenvalue weighted by molar-refractivity contribution is -0.384. The Hall–Kier alpha value is -2.63. The number of aromatic hydroxyl groups is 1. The van der Waals surface area contributed by atoms with Crippen molar-refractivity contribution < 1.29 is 14.4 Å². The summed E-state index contributed by atoms with van der Waals surface area (Å²) in [5.74, 6) is -0.548. The maximum Gasteiger partial charge on any atom is 0.295 e. The maximum atomic E-state index is 13.6. The Labute approximate surface area is 108 Å². The van der Waals surface area contributed by atoms with Gasteiger partial charge in [-0.3, -0.25) is 10.1 Å². The number of nitro benzene ring substituents is 1. The molecule has 19 heavy (non-hydrogen) atoms. The van der Waals surface area contributed by atoms with Gasteiger partial charge < -0.3 is 10.4 Å². The van der Waals surface area contributed by atoms with E-state index in [0.717, 1.165) is 11.6 Å². The smallest absolute Gasteiger partial charge is 0.295 e. The van der Waals surface area contributed by atoms with Gasteiger partial charge in [0.25, 0.3) is 5.69 Å². The number of nitrogens with zero attached hydrogens (tertiary/aromatic N) is 1. The fourth-order valence-corrected chi connectivity index (χ4v) is 1.64. The number of rotatable bonds is 4. The molecule has 0 spiro atoms. The van der Waals surface area contributed by atoms with E-state index in [4.69, 9.17) is 5.11 Å². The predicted octanol–water partition coefficient (Wildman–Crippen LogP) is 3.05. The van der Waals surface area contributed by atoms with Gasteiger partial charge in [0.15, 0.2) is 5.82 Å². The van der Waals surface area contributed by atoms with Gasteiger partial charge in [-0.05, 0) is 23.8 Å². The number of hydrogen-bond donors (Lipinski definition) is 2. The largest absolute Gasteiger partial charge is 0.508 e. The van der Waals surface area contributed by atoms with Crippen LogP contribution in [0.3, 0.4) is 0 Å². The highest BCUT2D eigenvalue weighted by atomic mass is 19.1. The molecule has 0 amide bonds. The van der Waals surface area contributed by atoms with E-state index in [1.54, 1.807) is 12.1 Å². The van der Waals surface area contributed by atoms with Gasteiger partial charge in [0.1, 0.15) is 11.4 Å². The van der Waals surface area contributed by atoms with Crippen molar-refractivity contribution in [1.82, 2.24) is 0 Å². The minimum atomic E-state index is -0.673. The zero-order valence-electron chi connectivity index (χ0n) is 9.84. The Balaban J connectivity index is 2.19. The number of nitro groups is 1. The summed E-state index contributed by atoms with van der Waals surface area (Å²) < 4.78 is 13.6. The van der Waals surface area contributed by atoms with Crippen LogP contribution in [0.4, 0.5) is 15.8 Å². The van der Waals surface area contributed by atoms with E-state index in [0.29, 0.717) is 0 Å². The predicted molar refractivity (Wildman–Crippen MR) is 68.5 cm³/mol. The van der Waals surface area contributed by atoms with Crippen LogP contribution in [-0.4, -0.2) is 10.0 Å². The molecule has 98 valence electrons. The van der Waals surface area contributed by atoms with Gasteiger partial charge in [0.05, 0.1) is 4.92 Å². The Bertz CT molecular complexity index is 599. The highest BCUT2D eigenvalue weighted by Gasteiger charge is 2.17. The summed E-state index contributed by atoms with van der Waals surface area (Å²) in [4.78, 5) is 10.2. The molecule has 2 aromatic carbocycles. The first kappa shape index (κ1) is 12.8. The third-order valence-electron chi connectivity index (χ3n) is 2.59. The van der Waals surface area contributed by atoms with Crippen LogP contribution in [0.1, 0.15) is 5.56 Å². The highest BCUT2D eigenvalue weighted by Crippen LogP contribution is 2.27.